The van der Waals surface area contributed by atoms with Crippen LogP contribution in [-0.4, -0.2) is 55.3 Å². The van der Waals surface area contributed by atoms with Crippen molar-refractivity contribution in [2.24, 2.45) is 0 Å². The highest BCUT2D eigenvalue weighted by Gasteiger charge is 2.40. The number of likely N-dealkylation sites (tertiary alicyclic amines) is 1. The van der Waals surface area contributed by atoms with Crippen LogP contribution in [0.5, 0.6) is 0 Å². The van der Waals surface area contributed by atoms with Gasteiger partial charge >= 0.3 is 0 Å². The molecule has 3 rings (SSSR count). The van der Waals surface area contributed by atoms with Crippen LogP contribution in [0.2, 0.25) is 0 Å². The van der Waals surface area contributed by atoms with Crippen molar-refractivity contribution in [1.82, 2.24) is 4.90 Å². The molecule has 0 bridgehead atoms. The first-order chi connectivity index (χ1) is 12.0. The normalized spacial score (nSPS) is 19.2. The van der Waals surface area contributed by atoms with Gasteiger partial charge in [0.25, 0.3) is 0 Å². The topological polar surface area (TPSA) is 59.1 Å². The zero-order chi connectivity index (χ0) is 17.9. The molecule has 0 aromatic heterocycles. The molecular weight excluding hydrogens is 320 g/mol. The smallest absolute Gasteiger partial charge is 0.224 e. The van der Waals surface area contributed by atoms with Gasteiger partial charge in [0.2, 0.25) is 11.8 Å². The van der Waals surface area contributed by atoms with E-state index in [2.05, 4.69) is 0 Å². The molecule has 0 N–H and O–H groups in total. The van der Waals surface area contributed by atoms with Crippen LogP contribution in [0.1, 0.15) is 31.7 Å². The Morgan fingerprint density at radius 2 is 1.80 bits per heavy atom. The third-order valence-corrected chi connectivity index (χ3v) is 5.03. The van der Waals surface area contributed by atoms with E-state index < -0.39 is 5.79 Å². The fourth-order valence-electron chi connectivity index (χ4n) is 3.56. The highest BCUT2D eigenvalue weighted by atomic mass is 16.7. The lowest BCUT2D eigenvalue weighted by atomic mass is 10.0. The molecule has 0 saturated carbocycles. The second kappa shape index (κ2) is 7.54. The van der Waals surface area contributed by atoms with Crippen molar-refractivity contribution in [2.45, 2.75) is 38.9 Å². The molecule has 2 aliphatic heterocycles. The van der Waals surface area contributed by atoms with E-state index in [1.54, 1.807) is 4.90 Å². The van der Waals surface area contributed by atoms with Gasteiger partial charge in [-0.2, -0.15) is 0 Å². The molecule has 2 amide bonds. The predicted molar refractivity (Wildman–Crippen MR) is 94.3 cm³/mol. The molecule has 0 unspecified atom stereocenters. The Morgan fingerprint density at radius 3 is 2.40 bits per heavy atom. The summed E-state index contributed by atoms with van der Waals surface area (Å²) in [6.07, 6.45) is 1.75. The maximum Gasteiger partial charge on any atom is 0.224 e. The van der Waals surface area contributed by atoms with Crippen LogP contribution in [0.15, 0.2) is 24.3 Å². The van der Waals surface area contributed by atoms with E-state index in [0.29, 0.717) is 52.1 Å². The Kier molecular flexibility index (Phi) is 5.39. The number of para-hydroxylation sites is 1. The van der Waals surface area contributed by atoms with Crippen molar-refractivity contribution >= 4 is 17.5 Å². The van der Waals surface area contributed by atoms with Crippen LogP contribution in [0.3, 0.4) is 0 Å². The largest absolute Gasteiger partial charge is 0.347 e. The van der Waals surface area contributed by atoms with Crippen molar-refractivity contribution < 1.29 is 19.1 Å². The third kappa shape index (κ3) is 4.02. The Labute approximate surface area is 148 Å². The summed E-state index contributed by atoms with van der Waals surface area (Å²) in [5, 5.41) is 0. The zero-order valence-electron chi connectivity index (χ0n) is 15.0. The van der Waals surface area contributed by atoms with Crippen LogP contribution in [-0.2, 0) is 19.1 Å². The number of benzene rings is 1. The van der Waals surface area contributed by atoms with E-state index in [-0.39, 0.29) is 11.8 Å². The predicted octanol–water partition coefficient (Wildman–Crippen LogP) is 2.10. The number of hydrogen-bond acceptors (Lipinski definition) is 4. The summed E-state index contributed by atoms with van der Waals surface area (Å²) >= 11 is 0. The van der Waals surface area contributed by atoms with Gasteiger partial charge in [-0.1, -0.05) is 18.2 Å². The summed E-state index contributed by atoms with van der Waals surface area (Å²) in [6.45, 7) is 6.46. The fraction of sp³-hybridized carbons (Fsp3) is 0.579. The number of anilines is 1. The number of nitrogens with zero attached hydrogens (tertiary/aromatic N) is 2. The van der Waals surface area contributed by atoms with Crippen LogP contribution in [0, 0.1) is 6.92 Å². The fourth-order valence-corrected chi connectivity index (χ4v) is 3.56. The number of ether oxygens (including phenoxy) is 2. The standard InChI is InChI=1S/C19H26N2O4/c1-15-5-3-4-6-17(15)21(16(2)22)10-7-18(23)20-11-8-19(9-12-20)24-13-14-25-19/h3-6H,7-14H2,1-2H3. The number of amides is 2. The lowest BCUT2D eigenvalue weighted by Crippen LogP contribution is -2.48. The van der Waals surface area contributed by atoms with Crippen molar-refractivity contribution in [3.8, 4) is 0 Å². The van der Waals surface area contributed by atoms with Gasteiger partial charge in [0.15, 0.2) is 5.79 Å². The first-order valence-corrected chi connectivity index (χ1v) is 8.90. The summed E-state index contributed by atoms with van der Waals surface area (Å²) in [5.74, 6) is -0.441. The van der Waals surface area contributed by atoms with Gasteiger partial charge in [0.05, 0.1) is 13.2 Å². The summed E-state index contributed by atoms with van der Waals surface area (Å²) in [5.41, 5.74) is 1.90. The van der Waals surface area contributed by atoms with Gasteiger partial charge in [0.1, 0.15) is 0 Å². The molecule has 1 aromatic rings. The Bertz CT molecular complexity index is 630. The lowest BCUT2D eigenvalue weighted by Gasteiger charge is -2.37. The summed E-state index contributed by atoms with van der Waals surface area (Å²) in [7, 11) is 0. The van der Waals surface area contributed by atoms with Crippen molar-refractivity contribution in [3.63, 3.8) is 0 Å². The zero-order valence-corrected chi connectivity index (χ0v) is 15.0. The molecule has 1 aromatic carbocycles. The summed E-state index contributed by atoms with van der Waals surface area (Å²) in [4.78, 5) is 28.1. The highest BCUT2D eigenvalue weighted by molar-refractivity contribution is 5.93. The molecular formula is C19H26N2O4. The average molecular weight is 346 g/mol. The Balaban J connectivity index is 1.56. The molecule has 0 atom stereocenters. The summed E-state index contributed by atoms with van der Waals surface area (Å²) in [6, 6.07) is 7.74. The van der Waals surface area contributed by atoms with Gasteiger partial charge in [-0.05, 0) is 18.6 Å². The molecule has 6 heteroatoms. The second-order valence-corrected chi connectivity index (χ2v) is 6.70. The maximum absolute atomic E-state index is 12.6. The SMILES string of the molecule is CC(=O)N(CCC(=O)N1CCC2(CC1)OCCO2)c1ccccc1C. The molecule has 0 radical (unpaired) electrons. The maximum atomic E-state index is 12.6. The number of piperidine rings is 1. The van der Waals surface area contributed by atoms with E-state index >= 15 is 0 Å². The molecule has 6 nitrogen and oxygen atoms in total. The van der Waals surface area contributed by atoms with Crippen LogP contribution in [0.25, 0.3) is 0 Å². The number of rotatable bonds is 4. The number of carbonyl (C=O) groups is 2. The minimum atomic E-state index is -0.469. The molecule has 2 aliphatic rings. The van der Waals surface area contributed by atoms with Gasteiger partial charge in [0, 0.05) is 51.5 Å². The van der Waals surface area contributed by atoms with Crippen LogP contribution < -0.4 is 4.90 Å². The van der Waals surface area contributed by atoms with Crippen molar-refractivity contribution in [3.05, 3.63) is 29.8 Å². The molecule has 1 spiro atoms. The van der Waals surface area contributed by atoms with Crippen LogP contribution in [0.4, 0.5) is 5.69 Å². The van der Waals surface area contributed by atoms with E-state index in [1.165, 1.54) is 6.92 Å². The van der Waals surface area contributed by atoms with Gasteiger partial charge in [-0.3, -0.25) is 9.59 Å². The van der Waals surface area contributed by atoms with Crippen molar-refractivity contribution in [2.75, 3.05) is 37.7 Å². The minimum absolute atomic E-state index is 0.0487. The van der Waals surface area contributed by atoms with Crippen molar-refractivity contribution in [1.29, 1.82) is 0 Å². The van der Waals surface area contributed by atoms with Gasteiger partial charge in [-0.25, -0.2) is 0 Å². The van der Waals surface area contributed by atoms with Gasteiger partial charge < -0.3 is 19.3 Å². The highest BCUT2D eigenvalue weighted by Crippen LogP contribution is 2.31. The molecule has 2 saturated heterocycles. The van der Waals surface area contributed by atoms with E-state index in [1.807, 2.05) is 36.1 Å². The molecule has 2 heterocycles. The first kappa shape index (κ1) is 17.9. The number of aryl methyl sites for hydroxylation is 1. The van der Waals surface area contributed by atoms with E-state index in [4.69, 9.17) is 9.47 Å². The second-order valence-electron chi connectivity index (χ2n) is 6.70. The van der Waals surface area contributed by atoms with E-state index in [0.717, 1.165) is 11.3 Å². The van der Waals surface area contributed by atoms with E-state index in [9.17, 15) is 9.59 Å². The number of hydrogen-bond donors (Lipinski definition) is 0. The quantitative estimate of drug-likeness (QED) is 0.838. The van der Waals surface area contributed by atoms with Crippen LogP contribution >= 0.6 is 0 Å². The number of carbonyl (C=O) groups excluding carboxylic acids is 2. The monoisotopic (exact) mass is 346 g/mol. The molecule has 136 valence electrons. The first-order valence-electron chi connectivity index (χ1n) is 8.90. The Morgan fingerprint density at radius 1 is 1.16 bits per heavy atom. The van der Waals surface area contributed by atoms with Gasteiger partial charge in [-0.15, -0.1) is 0 Å². The average Bonchev–Trinajstić information content (AvgIpc) is 3.05. The minimum Gasteiger partial charge on any atom is -0.347 e. The lowest BCUT2D eigenvalue weighted by molar-refractivity contribution is -0.187. The summed E-state index contributed by atoms with van der Waals surface area (Å²) < 4.78 is 11.4. The third-order valence-electron chi connectivity index (χ3n) is 5.03. The molecule has 0 aliphatic carbocycles. The Hall–Kier alpha value is -1.92. The molecule has 25 heavy (non-hydrogen) atoms. The molecule has 2 fully saturated rings.